The molecule has 0 saturated heterocycles. The van der Waals surface area contributed by atoms with E-state index in [1.165, 1.54) is 14.0 Å². The van der Waals surface area contributed by atoms with E-state index in [4.69, 9.17) is 5.11 Å². The number of nitrogens with zero attached hydrogens (tertiary/aromatic N) is 1. The summed E-state index contributed by atoms with van der Waals surface area (Å²) in [5.74, 6) is -1.97. The zero-order valence-corrected chi connectivity index (χ0v) is 10.5. The summed E-state index contributed by atoms with van der Waals surface area (Å²) in [5, 5.41) is 20.1. The lowest BCUT2D eigenvalue weighted by molar-refractivity contribution is -0.141. The largest absolute Gasteiger partial charge is 0.480 e. The number of aliphatic carboxylic acids is 1. The van der Waals surface area contributed by atoms with Crippen LogP contribution in [-0.2, 0) is 14.3 Å². The molecule has 0 aliphatic heterocycles. The first-order valence-electron chi connectivity index (χ1n) is 5.36. The average molecular weight is 262 g/mol. The van der Waals surface area contributed by atoms with Gasteiger partial charge in [-0.05, 0) is 13.8 Å². The Bertz CT molecular complexity index is 317. The number of urea groups is 1. The van der Waals surface area contributed by atoms with Crippen molar-refractivity contribution in [3.8, 4) is 0 Å². The molecule has 0 aromatic rings. The molecule has 0 fully saturated rings. The van der Waals surface area contributed by atoms with E-state index in [-0.39, 0.29) is 13.1 Å². The molecule has 0 aliphatic carbocycles. The van der Waals surface area contributed by atoms with Crippen molar-refractivity contribution in [3.05, 3.63) is 0 Å². The van der Waals surface area contributed by atoms with E-state index in [9.17, 15) is 19.5 Å². The van der Waals surface area contributed by atoms with Crippen molar-refractivity contribution in [2.24, 2.45) is 0 Å². The summed E-state index contributed by atoms with van der Waals surface area (Å²) in [6.45, 7) is 2.79. The van der Waals surface area contributed by atoms with E-state index in [2.05, 4.69) is 10.1 Å². The minimum Gasteiger partial charge on any atom is -0.480 e. The van der Waals surface area contributed by atoms with E-state index in [0.717, 1.165) is 4.90 Å². The molecule has 0 heterocycles. The molecule has 2 atom stereocenters. The minimum absolute atomic E-state index is 0.201. The number of likely N-dealkylation sites (N-methyl/N-ethyl adjacent to an activating group) is 1. The maximum atomic E-state index is 11.7. The van der Waals surface area contributed by atoms with E-state index in [0.29, 0.717) is 0 Å². The summed E-state index contributed by atoms with van der Waals surface area (Å²) in [6, 6.07) is -2.18. The van der Waals surface area contributed by atoms with Crippen LogP contribution in [0.1, 0.15) is 13.8 Å². The van der Waals surface area contributed by atoms with Gasteiger partial charge in [-0.3, -0.25) is 4.79 Å². The molecule has 0 saturated carbocycles. The highest BCUT2D eigenvalue weighted by molar-refractivity contribution is 5.85. The summed E-state index contributed by atoms with van der Waals surface area (Å²) >= 11 is 0. The van der Waals surface area contributed by atoms with E-state index >= 15 is 0 Å². The van der Waals surface area contributed by atoms with Crippen molar-refractivity contribution in [2.75, 3.05) is 20.2 Å². The number of carboxylic acid groups (broad SMARTS) is 1. The van der Waals surface area contributed by atoms with Crippen LogP contribution in [0, 0.1) is 0 Å². The van der Waals surface area contributed by atoms with Crippen LogP contribution in [0.4, 0.5) is 4.79 Å². The molecular weight excluding hydrogens is 244 g/mol. The standard InChI is InChI=1S/C10H18N2O6/c1-4-12(5-7(14)18-3)10(17)11-8(6(2)13)9(15)16/h6,8,13H,4-5H2,1-3H3,(H,11,17)(H,15,16). The molecule has 0 rings (SSSR count). The van der Waals surface area contributed by atoms with Crippen LogP contribution in [0.25, 0.3) is 0 Å². The number of hydrogen-bond acceptors (Lipinski definition) is 5. The lowest BCUT2D eigenvalue weighted by Gasteiger charge is -2.24. The lowest BCUT2D eigenvalue weighted by Crippen LogP contribution is -2.53. The SMILES string of the molecule is CCN(CC(=O)OC)C(=O)NC(C(=O)O)C(C)O. The Morgan fingerprint density at radius 2 is 1.94 bits per heavy atom. The Kier molecular flexibility index (Phi) is 6.73. The topological polar surface area (TPSA) is 116 Å². The molecule has 0 aromatic heterocycles. The fourth-order valence-corrected chi connectivity index (χ4v) is 1.16. The van der Waals surface area contributed by atoms with Crippen LogP contribution in [0.5, 0.6) is 0 Å². The number of carbonyl (C=O) groups is 3. The number of methoxy groups -OCH3 is 1. The van der Waals surface area contributed by atoms with Crippen molar-refractivity contribution in [1.82, 2.24) is 10.2 Å². The number of hydrogen-bond donors (Lipinski definition) is 3. The number of carbonyl (C=O) groups excluding carboxylic acids is 2. The highest BCUT2D eigenvalue weighted by Gasteiger charge is 2.27. The summed E-state index contributed by atoms with van der Waals surface area (Å²) < 4.78 is 4.41. The highest BCUT2D eigenvalue weighted by Crippen LogP contribution is 1.97. The molecule has 0 aromatic carbocycles. The van der Waals surface area contributed by atoms with E-state index in [1.54, 1.807) is 6.92 Å². The monoisotopic (exact) mass is 262 g/mol. The number of ether oxygens (including phenoxy) is 1. The van der Waals surface area contributed by atoms with Gasteiger partial charge in [-0.1, -0.05) is 0 Å². The normalized spacial score (nSPS) is 13.3. The van der Waals surface area contributed by atoms with Crippen LogP contribution in [0.2, 0.25) is 0 Å². The van der Waals surface area contributed by atoms with Gasteiger partial charge in [-0.25, -0.2) is 9.59 Å². The first kappa shape index (κ1) is 16.2. The highest BCUT2D eigenvalue weighted by atomic mass is 16.5. The Hall–Kier alpha value is -1.83. The Balaban J connectivity index is 4.60. The molecule has 8 heteroatoms. The number of amides is 2. The molecule has 2 unspecified atom stereocenters. The van der Waals surface area contributed by atoms with Crippen molar-refractivity contribution in [2.45, 2.75) is 26.0 Å². The fourth-order valence-electron chi connectivity index (χ4n) is 1.16. The molecule has 2 amide bonds. The molecule has 104 valence electrons. The Morgan fingerprint density at radius 1 is 1.39 bits per heavy atom. The summed E-state index contributed by atoms with van der Waals surface area (Å²) in [7, 11) is 1.18. The van der Waals surface area contributed by atoms with Gasteiger partial charge in [-0.2, -0.15) is 0 Å². The average Bonchev–Trinajstić information content (AvgIpc) is 2.31. The molecule has 0 bridgehead atoms. The van der Waals surface area contributed by atoms with Crippen LogP contribution in [-0.4, -0.2) is 65.4 Å². The van der Waals surface area contributed by atoms with Gasteiger partial charge in [0, 0.05) is 6.54 Å². The third-order valence-electron chi connectivity index (χ3n) is 2.24. The van der Waals surface area contributed by atoms with Gasteiger partial charge in [0.1, 0.15) is 6.54 Å². The van der Waals surface area contributed by atoms with Crippen LogP contribution < -0.4 is 5.32 Å². The Morgan fingerprint density at radius 3 is 2.28 bits per heavy atom. The molecule has 0 radical (unpaired) electrons. The van der Waals surface area contributed by atoms with Gasteiger partial charge in [-0.15, -0.1) is 0 Å². The van der Waals surface area contributed by atoms with Gasteiger partial charge < -0.3 is 25.2 Å². The summed E-state index contributed by atoms with van der Waals surface area (Å²) in [4.78, 5) is 34.6. The number of nitrogens with one attached hydrogen (secondary N) is 1. The van der Waals surface area contributed by atoms with Crippen molar-refractivity contribution in [1.29, 1.82) is 0 Å². The number of aliphatic hydroxyl groups is 1. The third kappa shape index (κ3) is 5.00. The van der Waals surface area contributed by atoms with Crippen molar-refractivity contribution in [3.63, 3.8) is 0 Å². The zero-order valence-electron chi connectivity index (χ0n) is 10.5. The Labute approximate surface area is 105 Å². The smallest absolute Gasteiger partial charge is 0.328 e. The zero-order chi connectivity index (χ0) is 14.3. The molecule has 18 heavy (non-hydrogen) atoms. The summed E-state index contributed by atoms with van der Waals surface area (Å²) in [5.41, 5.74) is 0. The van der Waals surface area contributed by atoms with Crippen molar-refractivity contribution < 1.29 is 29.3 Å². The van der Waals surface area contributed by atoms with Crippen LogP contribution in [0.15, 0.2) is 0 Å². The molecule has 8 nitrogen and oxygen atoms in total. The van der Waals surface area contributed by atoms with Gasteiger partial charge in [0.05, 0.1) is 13.2 Å². The van der Waals surface area contributed by atoms with Crippen LogP contribution >= 0.6 is 0 Å². The number of aliphatic hydroxyl groups excluding tert-OH is 1. The number of carboxylic acids is 1. The number of rotatable bonds is 6. The van der Waals surface area contributed by atoms with Gasteiger partial charge in [0.2, 0.25) is 0 Å². The van der Waals surface area contributed by atoms with Crippen LogP contribution in [0.3, 0.4) is 0 Å². The minimum atomic E-state index is -1.43. The van der Waals surface area contributed by atoms with Gasteiger partial charge >= 0.3 is 18.0 Å². The third-order valence-corrected chi connectivity index (χ3v) is 2.24. The maximum absolute atomic E-state index is 11.7. The quantitative estimate of drug-likeness (QED) is 0.530. The maximum Gasteiger partial charge on any atom is 0.328 e. The number of esters is 1. The predicted molar refractivity (Wildman–Crippen MR) is 60.9 cm³/mol. The molecule has 3 N–H and O–H groups in total. The van der Waals surface area contributed by atoms with E-state index < -0.39 is 30.1 Å². The fraction of sp³-hybridized carbons (Fsp3) is 0.700. The second-order valence-corrected chi connectivity index (χ2v) is 3.60. The molecule has 0 aliphatic rings. The predicted octanol–water partition coefficient (Wildman–Crippen LogP) is -0.975. The second kappa shape index (κ2) is 7.49. The van der Waals surface area contributed by atoms with Gasteiger partial charge in [0.25, 0.3) is 0 Å². The first-order chi connectivity index (χ1) is 8.33. The lowest BCUT2D eigenvalue weighted by atomic mass is 10.2. The summed E-state index contributed by atoms with van der Waals surface area (Å²) in [6.07, 6.45) is -1.25. The second-order valence-electron chi connectivity index (χ2n) is 3.60. The van der Waals surface area contributed by atoms with Gasteiger partial charge in [0.15, 0.2) is 6.04 Å². The molecular formula is C10H18N2O6. The first-order valence-corrected chi connectivity index (χ1v) is 5.36. The van der Waals surface area contributed by atoms with E-state index in [1.807, 2.05) is 0 Å². The molecule has 0 spiro atoms. The van der Waals surface area contributed by atoms with Crippen molar-refractivity contribution >= 4 is 18.0 Å².